The molecule has 0 saturated heterocycles. The Hall–Kier alpha value is -2.38. The van der Waals surface area contributed by atoms with E-state index in [9.17, 15) is 4.79 Å². The highest BCUT2D eigenvalue weighted by Crippen LogP contribution is 2.18. The van der Waals surface area contributed by atoms with E-state index in [0.29, 0.717) is 23.7 Å². The number of anilines is 2. The fourth-order valence-corrected chi connectivity index (χ4v) is 1.74. The van der Waals surface area contributed by atoms with Crippen LogP contribution in [-0.4, -0.2) is 38.6 Å². The van der Waals surface area contributed by atoms with Crippen molar-refractivity contribution >= 4 is 28.9 Å². The molecule has 108 valence electrons. The zero-order valence-corrected chi connectivity index (χ0v) is 11.6. The van der Waals surface area contributed by atoms with Crippen molar-refractivity contribution in [2.75, 3.05) is 24.2 Å². The number of ether oxygens (including phenoxy) is 1. The summed E-state index contributed by atoms with van der Waals surface area (Å²) in [5.74, 6) is 0.380. The van der Waals surface area contributed by atoms with Gasteiger partial charge in [-0.25, -0.2) is 4.98 Å². The molecule has 0 saturated carbocycles. The van der Waals surface area contributed by atoms with Gasteiger partial charge in [0, 0.05) is 6.54 Å². The predicted molar refractivity (Wildman–Crippen MR) is 75.1 cm³/mol. The predicted octanol–water partition coefficient (Wildman–Crippen LogP) is 0.793. The number of hydrogen-bond donors (Lipinski definition) is 2. The molecule has 0 aromatic carbocycles. The minimum Gasteiger partial charge on any atom is -0.465 e. The number of aromatic nitrogens is 4. The van der Waals surface area contributed by atoms with Gasteiger partial charge in [-0.15, -0.1) is 0 Å². The lowest BCUT2D eigenvalue weighted by molar-refractivity contribution is -0.143. The van der Waals surface area contributed by atoms with E-state index in [2.05, 4.69) is 20.3 Å². The Kier molecular flexibility index (Phi) is 4.34. The lowest BCUT2D eigenvalue weighted by atomic mass is 10.4. The molecule has 0 radical (unpaired) electrons. The van der Waals surface area contributed by atoms with Crippen LogP contribution in [0.2, 0.25) is 0 Å². The lowest BCUT2D eigenvalue weighted by Crippen LogP contribution is -2.14. The third-order valence-corrected chi connectivity index (χ3v) is 2.63. The number of esters is 1. The first-order valence-corrected chi connectivity index (χ1v) is 6.53. The number of rotatable bonds is 6. The summed E-state index contributed by atoms with van der Waals surface area (Å²) < 4.78 is 6.51. The monoisotopic (exact) mass is 278 g/mol. The Morgan fingerprint density at radius 1 is 1.45 bits per heavy atom. The first kappa shape index (κ1) is 14.0. The molecule has 8 heteroatoms. The van der Waals surface area contributed by atoms with E-state index < -0.39 is 0 Å². The van der Waals surface area contributed by atoms with E-state index in [1.807, 2.05) is 6.92 Å². The van der Waals surface area contributed by atoms with Crippen LogP contribution in [0, 0.1) is 0 Å². The molecule has 0 aliphatic carbocycles. The molecule has 20 heavy (non-hydrogen) atoms. The average Bonchev–Trinajstić information content (AvgIpc) is 2.80. The quantitative estimate of drug-likeness (QED) is 0.752. The van der Waals surface area contributed by atoms with Gasteiger partial charge < -0.3 is 20.4 Å². The Morgan fingerprint density at radius 3 is 2.95 bits per heavy atom. The summed E-state index contributed by atoms with van der Waals surface area (Å²) in [5.41, 5.74) is 6.85. The van der Waals surface area contributed by atoms with E-state index in [1.165, 1.54) is 6.33 Å². The van der Waals surface area contributed by atoms with Crippen molar-refractivity contribution < 1.29 is 9.53 Å². The van der Waals surface area contributed by atoms with Crippen molar-refractivity contribution in [3.8, 4) is 0 Å². The molecule has 0 bridgehead atoms. The molecule has 0 atom stereocenters. The molecule has 2 aromatic rings. The first-order valence-electron chi connectivity index (χ1n) is 6.53. The number of nitrogens with one attached hydrogen (secondary N) is 1. The van der Waals surface area contributed by atoms with Crippen LogP contribution in [0.4, 0.5) is 11.8 Å². The van der Waals surface area contributed by atoms with E-state index in [-0.39, 0.29) is 18.3 Å². The standard InChI is InChI=1S/C12H18N6O2/c1-3-5-14-12-16-10(13)9-11(17-12)18(7-15-9)6-8(19)20-4-2/h7H,3-6H2,1-2H3,(H3,13,14,16,17). The largest absolute Gasteiger partial charge is 0.465 e. The highest BCUT2D eigenvalue weighted by atomic mass is 16.5. The Balaban J connectivity index is 2.31. The van der Waals surface area contributed by atoms with Gasteiger partial charge >= 0.3 is 5.97 Å². The third kappa shape index (κ3) is 2.95. The zero-order valence-electron chi connectivity index (χ0n) is 11.6. The smallest absolute Gasteiger partial charge is 0.326 e. The van der Waals surface area contributed by atoms with Crippen LogP contribution >= 0.6 is 0 Å². The highest BCUT2D eigenvalue weighted by Gasteiger charge is 2.13. The van der Waals surface area contributed by atoms with Crippen molar-refractivity contribution in [3.63, 3.8) is 0 Å². The van der Waals surface area contributed by atoms with E-state index in [1.54, 1.807) is 11.5 Å². The second-order valence-electron chi connectivity index (χ2n) is 4.21. The van der Waals surface area contributed by atoms with Crippen LogP contribution in [0.15, 0.2) is 6.33 Å². The maximum absolute atomic E-state index is 11.5. The average molecular weight is 278 g/mol. The molecule has 2 rings (SSSR count). The molecule has 2 heterocycles. The van der Waals surface area contributed by atoms with Crippen LogP contribution in [0.5, 0.6) is 0 Å². The molecule has 0 aliphatic heterocycles. The fraction of sp³-hybridized carbons (Fsp3) is 0.500. The molecule has 2 aromatic heterocycles. The van der Waals surface area contributed by atoms with Gasteiger partial charge in [-0.2, -0.15) is 9.97 Å². The van der Waals surface area contributed by atoms with Gasteiger partial charge in [0.05, 0.1) is 12.9 Å². The number of hydrogen-bond acceptors (Lipinski definition) is 7. The SMILES string of the molecule is CCCNc1nc(N)c2ncn(CC(=O)OCC)c2n1. The molecule has 0 amide bonds. The normalized spacial score (nSPS) is 10.7. The van der Waals surface area contributed by atoms with Crippen molar-refractivity contribution in [1.82, 2.24) is 19.5 Å². The number of fused-ring (bicyclic) bond motifs is 1. The molecule has 0 spiro atoms. The third-order valence-electron chi connectivity index (χ3n) is 2.63. The Morgan fingerprint density at radius 2 is 2.25 bits per heavy atom. The topological polar surface area (TPSA) is 108 Å². The van der Waals surface area contributed by atoms with Crippen molar-refractivity contribution in [2.24, 2.45) is 0 Å². The van der Waals surface area contributed by atoms with E-state index >= 15 is 0 Å². The molecular weight excluding hydrogens is 260 g/mol. The number of imidazole rings is 1. The fourth-order valence-electron chi connectivity index (χ4n) is 1.74. The van der Waals surface area contributed by atoms with Gasteiger partial charge in [-0.3, -0.25) is 4.79 Å². The minimum absolute atomic E-state index is 0.0496. The summed E-state index contributed by atoms with van der Waals surface area (Å²) in [6.45, 7) is 4.94. The Labute approximate surface area is 116 Å². The Bertz CT molecular complexity index is 609. The number of carbonyl (C=O) groups excluding carboxylic acids is 1. The molecule has 8 nitrogen and oxygen atoms in total. The highest BCUT2D eigenvalue weighted by molar-refractivity contribution is 5.84. The van der Waals surface area contributed by atoms with Crippen LogP contribution in [0.3, 0.4) is 0 Å². The van der Waals surface area contributed by atoms with Gasteiger partial charge in [0.1, 0.15) is 12.1 Å². The number of carbonyl (C=O) groups is 1. The van der Waals surface area contributed by atoms with Crippen LogP contribution in [-0.2, 0) is 16.1 Å². The lowest BCUT2D eigenvalue weighted by Gasteiger charge is -2.06. The van der Waals surface area contributed by atoms with Gasteiger partial charge in [0.2, 0.25) is 5.95 Å². The summed E-state index contributed by atoms with van der Waals surface area (Å²) in [6, 6.07) is 0. The van der Waals surface area contributed by atoms with E-state index in [4.69, 9.17) is 10.5 Å². The number of nitrogen functional groups attached to an aromatic ring is 1. The van der Waals surface area contributed by atoms with Crippen LogP contribution < -0.4 is 11.1 Å². The summed E-state index contributed by atoms with van der Waals surface area (Å²) >= 11 is 0. The maximum atomic E-state index is 11.5. The van der Waals surface area contributed by atoms with Crippen molar-refractivity contribution in [3.05, 3.63) is 6.33 Å². The molecule has 0 fully saturated rings. The zero-order chi connectivity index (χ0) is 14.5. The van der Waals surface area contributed by atoms with Gasteiger partial charge in [0.25, 0.3) is 0 Å². The van der Waals surface area contributed by atoms with Crippen molar-refractivity contribution in [2.45, 2.75) is 26.8 Å². The van der Waals surface area contributed by atoms with Gasteiger partial charge in [-0.1, -0.05) is 6.92 Å². The summed E-state index contributed by atoms with van der Waals surface area (Å²) in [7, 11) is 0. The summed E-state index contributed by atoms with van der Waals surface area (Å²) in [5, 5.41) is 3.06. The van der Waals surface area contributed by atoms with Crippen LogP contribution in [0.1, 0.15) is 20.3 Å². The van der Waals surface area contributed by atoms with Crippen LogP contribution in [0.25, 0.3) is 11.2 Å². The molecule has 0 aliphatic rings. The second-order valence-corrected chi connectivity index (χ2v) is 4.21. The molecular formula is C12H18N6O2. The molecule has 0 unspecified atom stereocenters. The number of nitrogens with zero attached hydrogens (tertiary/aromatic N) is 4. The second kappa shape index (κ2) is 6.18. The van der Waals surface area contributed by atoms with Crippen molar-refractivity contribution in [1.29, 1.82) is 0 Å². The van der Waals surface area contributed by atoms with Gasteiger partial charge in [0.15, 0.2) is 11.5 Å². The minimum atomic E-state index is -0.341. The first-order chi connectivity index (χ1) is 9.65. The summed E-state index contributed by atoms with van der Waals surface area (Å²) in [6.07, 6.45) is 2.46. The van der Waals surface area contributed by atoms with Gasteiger partial charge in [-0.05, 0) is 13.3 Å². The summed E-state index contributed by atoms with van der Waals surface area (Å²) in [4.78, 5) is 24.1. The number of nitrogens with two attached hydrogens (primary N) is 1. The van der Waals surface area contributed by atoms with E-state index in [0.717, 1.165) is 13.0 Å². The maximum Gasteiger partial charge on any atom is 0.326 e. The molecule has 3 N–H and O–H groups in total.